The minimum absolute atomic E-state index is 0.114. The first-order valence-electron chi connectivity index (χ1n) is 12.3. The number of H-pyrrole nitrogens is 1. The van der Waals surface area contributed by atoms with Gasteiger partial charge in [-0.3, -0.25) is 14.7 Å². The Morgan fingerprint density at radius 3 is 2.89 bits per heavy atom. The Balaban J connectivity index is 1.37. The fourth-order valence-electron chi connectivity index (χ4n) is 4.83. The number of anilines is 1. The standard InChI is InChI=1S/C27H29N7O3/c1-3-25(35)29-19-13-17(26-21-8-4-5-9-22(21)31-32-26)12-18(14-19)27(36)28-15-20-16-34(33-30-20)23-10-6-7-11-24(23)37-2/h3-5,8-9,12-14,16,23-24H,1,6-7,10-11,15H2,2H3,(H,28,36)(H,29,35)(H,31,32)/t23-,24-/m1/s1. The summed E-state index contributed by atoms with van der Waals surface area (Å²) >= 11 is 0. The van der Waals surface area contributed by atoms with Crippen molar-refractivity contribution in [2.45, 2.75) is 44.4 Å². The minimum atomic E-state index is -0.371. The zero-order valence-corrected chi connectivity index (χ0v) is 20.6. The number of para-hydroxylation sites is 1. The lowest BCUT2D eigenvalue weighted by atomic mass is 9.92. The molecule has 2 atom stereocenters. The number of nitrogens with zero attached hydrogens (tertiary/aromatic N) is 4. The number of aromatic nitrogens is 5. The van der Waals surface area contributed by atoms with Crippen molar-refractivity contribution < 1.29 is 14.3 Å². The van der Waals surface area contributed by atoms with Crippen molar-refractivity contribution in [3.05, 3.63) is 72.6 Å². The number of benzene rings is 2. The van der Waals surface area contributed by atoms with Gasteiger partial charge in [0.15, 0.2) is 0 Å². The maximum Gasteiger partial charge on any atom is 0.251 e. The first-order valence-corrected chi connectivity index (χ1v) is 12.3. The third-order valence-corrected chi connectivity index (χ3v) is 6.69. The maximum atomic E-state index is 13.2. The average Bonchev–Trinajstić information content (AvgIpc) is 3.59. The molecule has 2 aromatic heterocycles. The molecule has 2 heterocycles. The second-order valence-corrected chi connectivity index (χ2v) is 9.11. The van der Waals surface area contributed by atoms with Gasteiger partial charge >= 0.3 is 0 Å². The highest BCUT2D eigenvalue weighted by molar-refractivity contribution is 6.03. The molecule has 1 saturated carbocycles. The van der Waals surface area contributed by atoms with Crippen molar-refractivity contribution in [2.75, 3.05) is 12.4 Å². The molecule has 10 heteroatoms. The first kappa shape index (κ1) is 24.4. The Hall–Kier alpha value is -4.31. The molecule has 37 heavy (non-hydrogen) atoms. The van der Waals surface area contributed by atoms with Gasteiger partial charge in [0.1, 0.15) is 5.69 Å². The molecule has 2 amide bonds. The van der Waals surface area contributed by atoms with E-state index in [1.54, 1.807) is 25.3 Å². The van der Waals surface area contributed by atoms with Gasteiger partial charge in [0.2, 0.25) is 5.91 Å². The van der Waals surface area contributed by atoms with E-state index < -0.39 is 0 Å². The summed E-state index contributed by atoms with van der Waals surface area (Å²) < 4.78 is 7.49. The molecular weight excluding hydrogens is 470 g/mol. The van der Waals surface area contributed by atoms with Crippen molar-refractivity contribution in [1.82, 2.24) is 30.5 Å². The number of ether oxygens (including phenoxy) is 1. The van der Waals surface area contributed by atoms with E-state index in [1.165, 1.54) is 6.08 Å². The summed E-state index contributed by atoms with van der Waals surface area (Å²) in [5.41, 5.74) is 3.75. The van der Waals surface area contributed by atoms with Crippen LogP contribution in [0.4, 0.5) is 5.69 Å². The van der Waals surface area contributed by atoms with Gasteiger partial charge in [-0.2, -0.15) is 5.10 Å². The minimum Gasteiger partial charge on any atom is -0.379 e. The van der Waals surface area contributed by atoms with Crippen LogP contribution in [0.2, 0.25) is 0 Å². The highest BCUT2D eigenvalue weighted by atomic mass is 16.5. The predicted molar refractivity (Wildman–Crippen MR) is 140 cm³/mol. The molecule has 10 nitrogen and oxygen atoms in total. The predicted octanol–water partition coefficient (Wildman–Crippen LogP) is 4.01. The van der Waals surface area contributed by atoms with Crippen molar-refractivity contribution in [1.29, 1.82) is 0 Å². The summed E-state index contributed by atoms with van der Waals surface area (Å²) in [6, 6.07) is 13.0. The van der Waals surface area contributed by atoms with E-state index in [9.17, 15) is 9.59 Å². The van der Waals surface area contributed by atoms with E-state index in [1.807, 2.05) is 35.1 Å². The molecule has 0 bridgehead atoms. The van der Waals surface area contributed by atoms with Crippen LogP contribution in [0.5, 0.6) is 0 Å². The number of methoxy groups -OCH3 is 1. The molecule has 5 rings (SSSR count). The van der Waals surface area contributed by atoms with E-state index in [0.29, 0.717) is 28.2 Å². The molecule has 1 aliphatic rings. The molecule has 0 aliphatic heterocycles. The Morgan fingerprint density at radius 2 is 2.05 bits per heavy atom. The average molecular weight is 500 g/mol. The molecule has 1 fully saturated rings. The molecular formula is C27H29N7O3. The topological polar surface area (TPSA) is 127 Å². The largest absolute Gasteiger partial charge is 0.379 e. The smallest absolute Gasteiger partial charge is 0.251 e. The van der Waals surface area contributed by atoms with Crippen LogP contribution >= 0.6 is 0 Å². The van der Waals surface area contributed by atoms with Gasteiger partial charge in [-0.05, 0) is 43.2 Å². The van der Waals surface area contributed by atoms with Gasteiger partial charge in [-0.25, -0.2) is 4.68 Å². The second kappa shape index (κ2) is 10.8. The van der Waals surface area contributed by atoms with E-state index in [4.69, 9.17) is 4.74 Å². The first-order chi connectivity index (χ1) is 18.1. The van der Waals surface area contributed by atoms with E-state index >= 15 is 0 Å². The Morgan fingerprint density at radius 1 is 1.22 bits per heavy atom. The monoisotopic (exact) mass is 499 g/mol. The second-order valence-electron chi connectivity index (χ2n) is 9.11. The summed E-state index contributed by atoms with van der Waals surface area (Å²) in [5, 5.41) is 22.6. The fraction of sp³-hybridized carbons (Fsp3) is 0.296. The number of carbonyl (C=O) groups excluding carboxylic acids is 2. The number of nitrogens with one attached hydrogen (secondary N) is 3. The lowest BCUT2D eigenvalue weighted by Gasteiger charge is -2.29. The quantitative estimate of drug-likeness (QED) is 0.315. The van der Waals surface area contributed by atoms with Crippen LogP contribution in [0.25, 0.3) is 22.2 Å². The van der Waals surface area contributed by atoms with Crippen LogP contribution in [-0.2, 0) is 16.1 Å². The van der Waals surface area contributed by atoms with Crippen molar-refractivity contribution in [2.24, 2.45) is 0 Å². The molecule has 190 valence electrons. The number of hydrogen-bond acceptors (Lipinski definition) is 6. The molecule has 0 saturated heterocycles. The lowest BCUT2D eigenvalue weighted by Crippen LogP contribution is -2.29. The Bertz CT molecular complexity index is 1440. The zero-order chi connectivity index (χ0) is 25.8. The van der Waals surface area contributed by atoms with Crippen molar-refractivity contribution in [3.63, 3.8) is 0 Å². The van der Waals surface area contributed by atoms with Crippen LogP contribution in [0.15, 0.2) is 61.3 Å². The third kappa shape index (κ3) is 5.29. The highest BCUT2D eigenvalue weighted by Crippen LogP contribution is 2.31. The van der Waals surface area contributed by atoms with E-state index in [2.05, 4.69) is 37.7 Å². The normalized spacial score (nSPS) is 17.4. The summed E-state index contributed by atoms with van der Waals surface area (Å²) in [4.78, 5) is 25.2. The maximum absolute atomic E-state index is 13.2. The molecule has 0 unspecified atom stereocenters. The molecule has 2 aromatic carbocycles. The fourth-order valence-corrected chi connectivity index (χ4v) is 4.83. The molecule has 1 aliphatic carbocycles. The Kier molecular flexibility index (Phi) is 7.09. The van der Waals surface area contributed by atoms with Gasteiger partial charge in [-0.1, -0.05) is 42.8 Å². The van der Waals surface area contributed by atoms with Crippen LogP contribution in [0.1, 0.15) is 47.8 Å². The van der Waals surface area contributed by atoms with Crippen LogP contribution in [0.3, 0.4) is 0 Å². The summed E-state index contributed by atoms with van der Waals surface area (Å²) in [6.45, 7) is 3.72. The number of aromatic amines is 1. The van der Waals surface area contributed by atoms with Gasteiger partial charge in [-0.15, -0.1) is 5.10 Å². The van der Waals surface area contributed by atoms with E-state index in [0.717, 1.165) is 36.6 Å². The molecule has 3 N–H and O–H groups in total. The molecule has 0 spiro atoms. The van der Waals surface area contributed by atoms with Gasteiger partial charge < -0.3 is 15.4 Å². The van der Waals surface area contributed by atoms with Crippen LogP contribution in [-0.4, -0.2) is 50.2 Å². The zero-order valence-electron chi connectivity index (χ0n) is 20.6. The lowest BCUT2D eigenvalue weighted by molar-refractivity contribution is -0.111. The third-order valence-electron chi connectivity index (χ3n) is 6.69. The molecule has 4 aromatic rings. The van der Waals surface area contributed by atoms with E-state index in [-0.39, 0.29) is 30.5 Å². The van der Waals surface area contributed by atoms with Gasteiger partial charge in [0, 0.05) is 29.3 Å². The Labute approximate surface area is 214 Å². The van der Waals surface area contributed by atoms with Gasteiger partial charge in [0.05, 0.1) is 36.1 Å². The highest BCUT2D eigenvalue weighted by Gasteiger charge is 2.27. The van der Waals surface area contributed by atoms with Gasteiger partial charge in [0.25, 0.3) is 5.91 Å². The van der Waals surface area contributed by atoms with Crippen molar-refractivity contribution in [3.8, 4) is 11.3 Å². The SMILES string of the molecule is C=CC(=O)Nc1cc(C(=O)NCc2cn([C@@H]3CCCC[C@H]3OC)nn2)cc(-c2n[nH]c3ccccc23)c1. The van der Waals surface area contributed by atoms with Crippen LogP contribution in [0, 0.1) is 0 Å². The number of carbonyl (C=O) groups is 2. The molecule has 0 radical (unpaired) electrons. The number of amides is 2. The van der Waals surface area contributed by atoms with Crippen molar-refractivity contribution >= 4 is 28.4 Å². The number of hydrogen-bond donors (Lipinski definition) is 3. The summed E-state index contributed by atoms with van der Waals surface area (Å²) in [6.07, 6.45) is 7.42. The summed E-state index contributed by atoms with van der Waals surface area (Å²) in [7, 11) is 1.73. The number of rotatable bonds is 8. The number of fused-ring (bicyclic) bond motifs is 1. The summed E-state index contributed by atoms with van der Waals surface area (Å²) in [5.74, 6) is -0.679. The van der Waals surface area contributed by atoms with Crippen LogP contribution < -0.4 is 10.6 Å².